The number of carbonyl (C=O) groups excluding carboxylic acids is 2. The summed E-state index contributed by atoms with van der Waals surface area (Å²) in [6, 6.07) is 12.0. The van der Waals surface area contributed by atoms with Crippen LogP contribution < -0.4 is 9.62 Å². The van der Waals surface area contributed by atoms with Gasteiger partial charge in [-0.25, -0.2) is 17.5 Å². The van der Waals surface area contributed by atoms with Gasteiger partial charge in [0.1, 0.15) is 5.82 Å². The van der Waals surface area contributed by atoms with E-state index in [2.05, 4.69) is 4.72 Å². The van der Waals surface area contributed by atoms with E-state index in [1.807, 2.05) is 0 Å². The second kappa shape index (κ2) is 8.71. The molecule has 0 radical (unpaired) electrons. The van der Waals surface area contributed by atoms with Crippen LogP contribution in [0.3, 0.4) is 0 Å². The molecule has 0 spiro atoms. The van der Waals surface area contributed by atoms with Gasteiger partial charge in [0.25, 0.3) is 0 Å². The SMILES string of the molecule is CN(Cc1ccccc1F)C(=O)CNS(=O)(=O)c1ccc(N2CCCC2=O)cc1. The maximum Gasteiger partial charge on any atom is 0.241 e. The first kappa shape index (κ1) is 20.9. The van der Waals surface area contributed by atoms with Gasteiger partial charge in [0.2, 0.25) is 21.8 Å². The summed E-state index contributed by atoms with van der Waals surface area (Å²) in [6.45, 7) is 0.206. The summed E-state index contributed by atoms with van der Waals surface area (Å²) in [6.07, 6.45) is 1.27. The first-order chi connectivity index (χ1) is 13.8. The highest BCUT2D eigenvalue weighted by Gasteiger charge is 2.23. The first-order valence-electron chi connectivity index (χ1n) is 9.15. The minimum absolute atomic E-state index is 0.00236. The summed E-state index contributed by atoms with van der Waals surface area (Å²) in [4.78, 5) is 26.9. The molecule has 0 aliphatic carbocycles. The molecular weight excluding hydrogens is 397 g/mol. The van der Waals surface area contributed by atoms with Gasteiger partial charge in [-0.2, -0.15) is 0 Å². The molecule has 1 heterocycles. The summed E-state index contributed by atoms with van der Waals surface area (Å²) < 4.78 is 40.9. The highest BCUT2D eigenvalue weighted by Crippen LogP contribution is 2.22. The Kier molecular flexibility index (Phi) is 6.29. The van der Waals surface area contributed by atoms with Crippen LogP contribution in [-0.2, 0) is 26.2 Å². The van der Waals surface area contributed by atoms with Crippen molar-refractivity contribution in [3.8, 4) is 0 Å². The average Bonchev–Trinajstić information content (AvgIpc) is 3.14. The predicted octanol–water partition coefficient (Wildman–Crippen LogP) is 1.89. The molecule has 154 valence electrons. The minimum Gasteiger partial charge on any atom is -0.340 e. The molecule has 2 aromatic rings. The average molecular weight is 419 g/mol. The lowest BCUT2D eigenvalue weighted by atomic mass is 10.2. The maximum atomic E-state index is 13.7. The summed E-state index contributed by atoms with van der Waals surface area (Å²) in [5, 5.41) is 0. The van der Waals surface area contributed by atoms with Crippen LogP contribution in [0.1, 0.15) is 18.4 Å². The number of benzene rings is 2. The standard InChI is InChI=1S/C20H22FN3O4S/c1-23(14-15-5-2-3-6-18(15)21)20(26)13-22-29(27,28)17-10-8-16(9-11-17)24-12-4-7-19(24)25/h2-3,5-6,8-11,22H,4,7,12-14H2,1H3. The molecular formula is C20H22FN3O4S. The molecule has 1 saturated heterocycles. The highest BCUT2D eigenvalue weighted by molar-refractivity contribution is 7.89. The van der Waals surface area contributed by atoms with Crippen LogP contribution in [0.25, 0.3) is 0 Å². The van der Waals surface area contributed by atoms with Crippen LogP contribution in [0.4, 0.5) is 10.1 Å². The number of anilines is 1. The van der Waals surface area contributed by atoms with E-state index in [1.54, 1.807) is 35.2 Å². The number of rotatable bonds is 7. The van der Waals surface area contributed by atoms with E-state index in [4.69, 9.17) is 0 Å². The monoisotopic (exact) mass is 419 g/mol. The van der Waals surface area contributed by atoms with Crippen LogP contribution in [0.5, 0.6) is 0 Å². The fraction of sp³-hybridized carbons (Fsp3) is 0.300. The van der Waals surface area contributed by atoms with Crippen LogP contribution in [0, 0.1) is 5.82 Å². The summed E-state index contributed by atoms with van der Waals surface area (Å²) in [5.41, 5.74) is 0.991. The molecule has 9 heteroatoms. The molecule has 29 heavy (non-hydrogen) atoms. The van der Waals surface area contributed by atoms with E-state index in [1.165, 1.54) is 30.1 Å². The predicted molar refractivity (Wildman–Crippen MR) is 106 cm³/mol. The van der Waals surface area contributed by atoms with Crippen LogP contribution in [0.15, 0.2) is 53.4 Å². The van der Waals surface area contributed by atoms with Gasteiger partial charge in [-0.15, -0.1) is 0 Å². The van der Waals surface area contributed by atoms with Crippen molar-refractivity contribution < 1.29 is 22.4 Å². The van der Waals surface area contributed by atoms with E-state index in [-0.39, 0.29) is 17.3 Å². The lowest BCUT2D eigenvalue weighted by molar-refractivity contribution is -0.129. The van der Waals surface area contributed by atoms with Crippen molar-refractivity contribution in [1.82, 2.24) is 9.62 Å². The largest absolute Gasteiger partial charge is 0.340 e. The molecule has 1 aliphatic heterocycles. The Labute approximate surface area is 169 Å². The summed E-state index contributed by atoms with van der Waals surface area (Å²) >= 11 is 0. The molecule has 1 fully saturated rings. The molecule has 0 unspecified atom stereocenters. The third-order valence-corrected chi connectivity index (χ3v) is 6.15. The van der Waals surface area contributed by atoms with E-state index < -0.39 is 28.3 Å². The third kappa shape index (κ3) is 4.99. The Morgan fingerprint density at radius 1 is 1.17 bits per heavy atom. The second-order valence-corrected chi connectivity index (χ2v) is 8.58. The minimum atomic E-state index is -3.90. The summed E-state index contributed by atoms with van der Waals surface area (Å²) in [5.74, 6) is -0.900. The van der Waals surface area contributed by atoms with Crippen molar-refractivity contribution in [2.75, 3.05) is 25.0 Å². The Hall–Kier alpha value is -2.78. The van der Waals surface area contributed by atoms with Gasteiger partial charge >= 0.3 is 0 Å². The normalized spacial score (nSPS) is 14.3. The molecule has 2 aromatic carbocycles. The molecule has 0 aromatic heterocycles. The van der Waals surface area contributed by atoms with Crippen molar-refractivity contribution in [3.05, 3.63) is 59.9 Å². The quantitative estimate of drug-likeness (QED) is 0.743. The zero-order chi connectivity index (χ0) is 21.0. The number of amides is 2. The number of halogens is 1. The van der Waals surface area contributed by atoms with Gasteiger partial charge in [-0.3, -0.25) is 9.59 Å². The molecule has 0 atom stereocenters. The number of carbonyl (C=O) groups is 2. The number of hydrogen-bond acceptors (Lipinski definition) is 4. The number of nitrogens with one attached hydrogen (secondary N) is 1. The molecule has 2 amide bonds. The fourth-order valence-electron chi connectivity index (χ4n) is 3.07. The molecule has 0 bridgehead atoms. The number of likely N-dealkylation sites (N-methyl/N-ethyl adjacent to an activating group) is 1. The van der Waals surface area contributed by atoms with Gasteiger partial charge in [0.15, 0.2) is 0 Å². The van der Waals surface area contributed by atoms with Crippen molar-refractivity contribution in [2.45, 2.75) is 24.3 Å². The third-order valence-electron chi connectivity index (χ3n) is 4.74. The fourth-order valence-corrected chi connectivity index (χ4v) is 4.05. The van der Waals surface area contributed by atoms with Crippen molar-refractivity contribution in [1.29, 1.82) is 0 Å². The molecule has 1 N–H and O–H groups in total. The Bertz CT molecular complexity index is 1010. The first-order valence-corrected chi connectivity index (χ1v) is 10.6. The molecule has 7 nitrogen and oxygen atoms in total. The van der Waals surface area contributed by atoms with Gasteiger partial charge in [0.05, 0.1) is 11.4 Å². The van der Waals surface area contributed by atoms with Gasteiger partial charge < -0.3 is 9.80 Å². The van der Waals surface area contributed by atoms with Crippen molar-refractivity contribution in [2.24, 2.45) is 0 Å². The van der Waals surface area contributed by atoms with Crippen LogP contribution >= 0.6 is 0 Å². The topological polar surface area (TPSA) is 86.8 Å². The molecule has 3 rings (SSSR count). The van der Waals surface area contributed by atoms with E-state index >= 15 is 0 Å². The van der Waals surface area contributed by atoms with E-state index in [9.17, 15) is 22.4 Å². The molecule has 0 saturated carbocycles. The Morgan fingerprint density at radius 2 is 1.86 bits per heavy atom. The number of hydrogen-bond donors (Lipinski definition) is 1. The van der Waals surface area contributed by atoms with Crippen molar-refractivity contribution in [3.63, 3.8) is 0 Å². The lowest BCUT2D eigenvalue weighted by Crippen LogP contribution is -2.37. The zero-order valence-corrected chi connectivity index (χ0v) is 16.8. The van der Waals surface area contributed by atoms with Crippen LogP contribution in [0.2, 0.25) is 0 Å². The molecule has 1 aliphatic rings. The number of sulfonamides is 1. The second-order valence-electron chi connectivity index (χ2n) is 6.81. The van der Waals surface area contributed by atoms with Crippen molar-refractivity contribution >= 4 is 27.5 Å². The van der Waals surface area contributed by atoms with Crippen LogP contribution in [-0.4, -0.2) is 45.3 Å². The highest BCUT2D eigenvalue weighted by atomic mass is 32.2. The zero-order valence-electron chi connectivity index (χ0n) is 16.0. The van der Waals surface area contributed by atoms with Gasteiger partial charge in [-0.05, 0) is 36.8 Å². The smallest absolute Gasteiger partial charge is 0.241 e. The van der Waals surface area contributed by atoms with E-state index in [0.29, 0.717) is 24.2 Å². The summed E-state index contributed by atoms with van der Waals surface area (Å²) in [7, 11) is -2.42. The van der Waals surface area contributed by atoms with Gasteiger partial charge in [0, 0.05) is 37.8 Å². The Balaban J connectivity index is 1.59. The Morgan fingerprint density at radius 3 is 2.48 bits per heavy atom. The lowest BCUT2D eigenvalue weighted by Gasteiger charge is -2.18. The van der Waals surface area contributed by atoms with Gasteiger partial charge in [-0.1, -0.05) is 18.2 Å². The van der Waals surface area contributed by atoms with E-state index in [0.717, 1.165) is 6.42 Å². The maximum absolute atomic E-state index is 13.7. The number of nitrogens with zero attached hydrogens (tertiary/aromatic N) is 2.